The molecule has 0 aromatic heterocycles. The van der Waals surface area contributed by atoms with Crippen molar-refractivity contribution < 1.29 is 14.1 Å². The van der Waals surface area contributed by atoms with Gasteiger partial charge >= 0.3 is 5.97 Å². The van der Waals surface area contributed by atoms with Crippen molar-refractivity contribution >= 4 is 40.2 Å². The number of aryl methyl sites for hydroxylation is 1. The lowest BCUT2D eigenvalue weighted by Gasteiger charge is -2.25. The molecule has 5 nitrogen and oxygen atoms in total. The van der Waals surface area contributed by atoms with Gasteiger partial charge in [-0.15, -0.1) is 0 Å². The molecule has 42 heavy (non-hydrogen) atoms. The van der Waals surface area contributed by atoms with Crippen LogP contribution < -0.4 is 9.80 Å². The van der Waals surface area contributed by atoms with Crippen molar-refractivity contribution in [3.63, 3.8) is 0 Å². The molecule has 1 aliphatic rings. The molecule has 0 N–H and O–H groups in total. The molecule has 0 atom stereocenters. The fourth-order valence-electron chi connectivity index (χ4n) is 5.34. The Morgan fingerprint density at radius 2 is 1.43 bits per heavy atom. The van der Waals surface area contributed by atoms with Gasteiger partial charge in [0.15, 0.2) is 5.71 Å². The van der Waals surface area contributed by atoms with Crippen LogP contribution in [0.4, 0.5) is 11.4 Å². The Hall–Kier alpha value is -3.57. The average molecular weight is 589 g/mol. The van der Waals surface area contributed by atoms with Crippen LogP contribution in [0.2, 0.25) is 5.02 Å². The molecule has 0 saturated carbocycles. The molecular weight excluding hydrogens is 542 g/mol. The first kappa shape index (κ1) is 32.9. The highest BCUT2D eigenvalue weighted by molar-refractivity contribution is 6.33. The predicted molar refractivity (Wildman–Crippen MR) is 181 cm³/mol. The molecule has 0 amide bonds. The van der Waals surface area contributed by atoms with E-state index in [1.165, 1.54) is 5.71 Å². The molecule has 6 heteroatoms. The van der Waals surface area contributed by atoms with Gasteiger partial charge in [0, 0.05) is 54.3 Å². The first-order valence-electron chi connectivity index (χ1n) is 15.1. The SMILES string of the molecule is C=C(C)C(=O)OCCN(CC)c1ccc(C(=C2C=CC(=[N+](CC)CC)C=C2)c2ccc(N(CC)CC)cc2Cl)c(C)c1. The van der Waals surface area contributed by atoms with Crippen LogP contribution in [0, 0.1) is 6.92 Å². The summed E-state index contributed by atoms with van der Waals surface area (Å²) in [5.74, 6) is -0.354. The Bertz CT molecular complexity index is 1390. The second-order valence-corrected chi connectivity index (χ2v) is 10.8. The highest BCUT2D eigenvalue weighted by Gasteiger charge is 2.19. The lowest BCUT2D eigenvalue weighted by molar-refractivity contribution is -0.519. The maximum atomic E-state index is 11.8. The molecule has 224 valence electrons. The Kier molecular flexibility index (Phi) is 12.2. The average Bonchev–Trinajstić information content (AvgIpc) is 2.99. The first-order valence-corrected chi connectivity index (χ1v) is 15.5. The molecular formula is C36H47ClN3O2+. The second-order valence-electron chi connectivity index (χ2n) is 10.4. The Labute approximate surface area is 258 Å². The monoisotopic (exact) mass is 588 g/mol. The number of hydrogen-bond donors (Lipinski definition) is 0. The van der Waals surface area contributed by atoms with E-state index in [0.29, 0.717) is 18.7 Å². The Balaban J connectivity index is 2.08. The van der Waals surface area contributed by atoms with Crippen molar-refractivity contribution in [3.8, 4) is 0 Å². The molecule has 0 radical (unpaired) electrons. The van der Waals surface area contributed by atoms with E-state index >= 15 is 0 Å². The largest absolute Gasteiger partial charge is 0.460 e. The molecule has 0 bridgehead atoms. The topological polar surface area (TPSA) is 35.8 Å². The number of anilines is 2. The number of likely N-dealkylation sites (N-methyl/N-ethyl adjacent to an activating group) is 1. The van der Waals surface area contributed by atoms with E-state index in [0.717, 1.165) is 77.0 Å². The second kappa shape index (κ2) is 15.6. The van der Waals surface area contributed by atoms with Gasteiger partial charge in [-0.3, -0.25) is 0 Å². The van der Waals surface area contributed by atoms with Crippen molar-refractivity contribution in [1.29, 1.82) is 0 Å². The van der Waals surface area contributed by atoms with E-state index in [1.54, 1.807) is 6.92 Å². The zero-order valence-electron chi connectivity index (χ0n) is 26.5. The number of allylic oxidation sites excluding steroid dienone is 5. The normalized spacial score (nSPS) is 12.4. The van der Waals surface area contributed by atoms with Crippen molar-refractivity contribution in [2.75, 3.05) is 55.7 Å². The maximum absolute atomic E-state index is 11.8. The molecule has 0 saturated heterocycles. The van der Waals surface area contributed by atoms with Gasteiger partial charge in [-0.1, -0.05) is 30.3 Å². The van der Waals surface area contributed by atoms with Crippen LogP contribution in [-0.2, 0) is 9.53 Å². The van der Waals surface area contributed by atoms with E-state index in [2.05, 4.69) is 123 Å². The van der Waals surface area contributed by atoms with E-state index < -0.39 is 0 Å². The molecule has 0 unspecified atom stereocenters. The van der Waals surface area contributed by atoms with E-state index in [-0.39, 0.29) is 5.97 Å². The number of halogens is 1. The zero-order valence-corrected chi connectivity index (χ0v) is 27.2. The minimum absolute atomic E-state index is 0.311. The van der Waals surface area contributed by atoms with Crippen LogP contribution in [-0.4, -0.2) is 62.1 Å². The zero-order chi connectivity index (χ0) is 30.8. The number of hydrogen-bond acceptors (Lipinski definition) is 4. The van der Waals surface area contributed by atoms with Crippen LogP contribution in [0.1, 0.15) is 58.2 Å². The van der Waals surface area contributed by atoms with Crippen molar-refractivity contribution in [2.45, 2.75) is 48.5 Å². The molecule has 2 aromatic carbocycles. The summed E-state index contributed by atoms with van der Waals surface area (Å²) in [6.07, 6.45) is 8.82. The van der Waals surface area contributed by atoms with Crippen molar-refractivity contribution in [1.82, 2.24) is 0 Å². The molecule has 2 aromatic rings. The highest BCUT2D eigenvalue weighted by Crippen LogP contribution is 2.38. The minimum atomic E-state index is -0.354. The quantitative estimate of drug-likeness (QED) is 0.136. The van der Waals surface area contributed by atoms with Gasteiger partial charge in [-0.2, -0.15) is 0 Å². The van der Waals surface area contributed by atoms with Crippen LogP contribution in [0.3, 0.4) is 0 Å². The summed E-state index contributed by atoms with van der Waals surface area (Å²) >= 11 is 7.06. The summed E-state index contributed by atoms with van der Waals surface area (Å²) in [7, 11) is 0. The van der Waals surface area contributed by atoms with Crippen LogP contribution >= 0.6 is 11.6 Å². The smallest absolute Gasteiger partial charge is 0.333 e. The lowest BCUT2D eigenvalue weighted by Crippen LogP contribution is -2.28. The summed E-state index contributed by atoms with van der Waals surface area (Å²) in [5, 5.41) is 0.736. The fourth-order valence-corrected chi connectivity index (χ4v) is 5.61. The summed E-state index contributed by atoms with van der Waals surface area (Å²) < 4.78 is 7.71. The number of benzene rings is 2. The fraction of sp³-hybridized carbons (Fsp3) is 0.389. The van der Waals surface area contributed by atoms with Gasteiger partial charge in [0.25, 0.3) is 0 Å². The Morgan fingerprint density at radius 3 is 1.93 bits per heavy atom. The lowest BCUT2D eigenvalue weighted by atomic mass is 9.88. The van der Waals surface area contributed by atoms with E-state index in [1.807, 2.05) is 0 Å². The molecule has 0 aliphatic heterocycles. The van der Waals surface area contributed by atoms with Crippen LogP contribution in [0.5, 0.6) is 0 Å². The third-order valence-electron chi connectivity index (χ3n) is 7.80. The van der Waals surface area contributed by atoms with Crippen molar-refractivity contribution in [3.05, 3.63) is 100 Å². The maximum Gasteiger partial charge on any atom is 0.333 e. The summed E-state index contributed by atoms with van der Waals surface area (Å²) in [6.45, 7) is 23.8. The molecule has 0 spiro atoms. The van der Waals surface area contributed by atoms with E-state index in [9.17, 15) is 4.79 Å². The number of ether oxygens (including phenoxy) is 1. The van der Waals surface area contributed by atoms with Gasteiger partial charge in [0.2, 0.25) is 0 Å². The van der Waals surface area contributed by atoms with Gasteiger partial charge in [0.05, 0.1) is 11.6 Å². The Morgan fingerprint density at radius 1 is 0.857 bits per heavy atom. The van der Waals surface area contributed by atoms with Crippen LogP contribution in [0.15, 0.2) is 78.4 Å². The number of carbonyl (C=O) groups excluding carboxylic acids is 1. The van der Waals surface area contributed by atoms with Crippen molar-refractivity contribution in [2.24, 2.45) is 0 Å². The number of rotatable bonds is 13. The van der Waals surface area contributed by atoms with Gasteiger partial charge < -0.3 is 14.5 Å². The predicted octanol–water partition coefficient (Wildman–Crippen LogP) is 7.86. The van der Waals surface area contributed by atoms with Gasteiger partial charge in [-0.25, -0.2) is 9.37 Å². The third kappa shape index (κ3) is 7.83. The van der Waals surface area contributed by atoms with Crippen LogP contribution in [0.25, 0.3) is 5.57 Å². The molecule has 0 heterocycles. The van der Waals surface area contributed by atoms with Gasteiger partial charge in [-0.05, 0) is 107 Å². The molecule has 0 fully saturated rings. The molecule has 1 aliphatic carbocycles. The summed E-state index contributed by atoms with van der Waals surface area (Å²) in [6, 6.07) is 13.0. The van der Waals surface area contributed by atoms with Gasteiger partial charge in [0.1, 0.15) is 19.7 Å². The highest BCUT2D eigenvalue weighted by atomic mass is 35.5. The first-order chi connectivity index (χ1) is 20.2. The minimum Gasteiger partial charge on any atom is -0.460 e. The third-order valence-corrected chi connectivity index (χ3v) is 8.12. The summed E-state index contributed by atoms with van der Waals surface area (Å²) in [5.41, 5.74) is 9.37. The molecule has 3 rings (SSSR count). The number of carbonyl (C=O) groups is 1. The number of nitrogens with zero attached hydrogens (tertiary/aromatic N) is 3. The summed E-state index contributed by atoms with van der Waals surface area (Å²) in [4.78, 5) is 16.4. The standard InChI is InChI=1S/C36H47ClN3O2/c1-9-38(10-2)29-16-14-28(15-17-29)35(33-21-19-31(25-34(33)37)39(11-3)12-4)32-20-18-30(24-27(32)8)40(13-5)22-23-42-36(41)26(6)7/h14-21,24-25H,6,9-13,22-23H2,1-5,7-8H3/q+1. The number of esters is 1. The van der Waals surface area contributed by atoms with E-state index in [4.69, 9.17) is 16.3 Å².